The minimum atomic E-state index is 0.308. The fourth-order valence-corrected chi connectivity index (χ4v) is 4.13. The molecule has 1 atom stereocenters. The molecule has 26 heavy (non-hydrogen) atoms. The first kappa shape index (κ1) is 19.4. The van der Waals surface area contributed by atoms with E-state index in [-0.39, 0.29) is 0 Å². The highest BCUT2D eigenvalue weighted by atomic mass is 16.5. The van der Waals surface area contributed by atoms with E-state index in [1.807, 2.05) is 4.90 Å². The van der Waals surface area contributed by atoms with Gasteiger partial charge in [0.2, 0.25) is 5.91 Å². The average Bonchev–Trinajstić information content (AvgIpc) is 3.00. The van der Waals surface area contributed by atoms with Gasteiger partial charge in [0.25, 0.3) is 0 Å². The second-order valence-electron chi connectivity index (χ2n) is 7.78. The summed E-state index contributed by atoms with van der Waals surface area (Å²) >= 11 is 0. The molecule has 146 valence electrons. The van der Waals surface area contributed by atoms with Gasteiger partial charge in [-0.2, -0.15) is 5.10 Å². The van der Waals surface area contributed by atoms with E-state index in [9.17, 15) is 4.79 Å². The van der Waals surface area contributed by atoms with E-state index in [0.29, 0.717) is 31.5 Å². The Kier molecular flexibility index (Phi) is 7.08. The maximum absolute atomic E-state index is 12.4. The van der Waals surface area contributed by atoms with E-state index < -0.39 is 0 Å². The second kappa shape index (κ2) is 9.51. The molecular weight excluding hydrogens is 328 g/mol. The number of carbonyl (C=O) groups excluding carboxylic acids is 1. The molecule has 0 spiro atoms. The van der Waals surface area contributed by atoms with Crippen molar-refractivity contribution >= 4 is 5.91 Å². The van der Waals surface area contributed by atoms with Crippen molar-refractivity contribution in [1.29, 1.82) is 0 Å². The number of ether oxygens (including phenoxy) is 1. The molecule has 0 aromatic carbocycles. The quantitative estimate of drug-likeness (QED) is 0.748. The van der Waals surface area contributed by atoms with Gasteiger partial charge in [0, 0.05) is 50.9 Å². The van der Waals surface area contributed by atoms with Crippen LogP contribution in [0, 0.1) is 12.8 Å². The van der Waals surface area contributed by atoms with Crippen LogP contribution in [-0.2, 0) is 22.6 Å². The van der Waals surface area contributed by atoms with E-state index >= 15 is 0 Å². The maximum Gasteiger partial charge on any atom is 0.222 e. The molecule has 0 bridgehead atoms. The van der Waals surface area contributed by atoms with Crippen LogP contribution in [0.5, 0.6) is 0 Å². The first-order chi connectivity index (χ1) is 12.7. The van der Waals surface area contributed by atoms with Crippen LogP contribution >= 0.6 is 0 Å². The van der Waals surface area contributed by atoms with Crippen molar-refractivity contribution in [2.45, 2.75) is 59.0 Å². The number of aryl methyl sites for hydroxylation is 2. The summed E-state index contributed by atoms with van der Waals surface area (Å²) in [6, 6.07) is 0. The van der Waals surface area contributed by atoms with Crippen molar-refractivity contribution in [1.82, 2.24) is 19.6 Å². The van der Waals surface area contributed by atoms with Gasteiger partial charge in [-0.1, -0.05) is 6.92 Å². The second-order valence-corrected chi connectivity index (χ2v) is 7.78. The molecule has 2 fully saturated rings. The summed E-state index contributed by atoms with van der Waals surface area (Å²) in [7, 11) is 0. The maximum atomic E-state index is 12.4. The standard InChI is InChI=1S/C20H34N4O2/c1-3-8-24-16-19(17(2)21-24)15-22-9-4-5-18(14-22)6-7-20(25)23-10-12-26-13-11-23/h16,18H,3-15H2,1-2H3. The number of carbonyl (C=O) groups is 1. The van der Waals surface area contributed by atoms with Crippen molar-refractivity contribution < 1.29 is 9.53 Å². The summed E-state index contributed by atoms with van der Waals surface area (Å²) < 4.78 is 7.41. The van der Waals surface area contributed by atoms with E-state index in [4.69, 9.17) is 4.74 Å². The summed E-state index contributed by atoms with van der Waals surface area (Å²) in [5, 5.41) is 4.63. The highest BCUT2D eigenvalue weighted by Crippen LogP contribution is 2.23. The van der Waals surface area contributed by atoms with Crippen molar-refractivity contribution in [3.63, 3.8) is 0 Å². The molecule has 1 aromatic heterocycles. The third-order valence-electron chi connectivity index (χ3n) is 5.63. The molecule has 6 heteroatoms. The molecule has 2 aliphatic heterocycles. The molecular formula is C20H34N4O2. The van der Waals surface area contributed by atoms with Crippen LogP contribution in [-0.4, -0.2) is 64.9 Å². The Labute approximate surface area is 157 Å². The lowest BCUT2D eigenvalue weighted by molar-refractivity contribution is -0.135. The van der Waals surface area contributed by atoms with Crippen LogP contribution in [0.25, 0.3) is 0 Å². The average molecular weight is 363 g/mol. The van der Waals surface area contributed by atoms with Gasteiger partial charge >= 0.3 is 0 Å². The SMILES string of the molecule is CCCn1cc(CN2CCCC(CCC(=O)N3CCOCC3)C2)c(C)n1. The van der Waals surface area contributed by atoms with Crippen LogP contribution in [0.2, 0.25) is 0 Å². The monoisotopic (exact) mass is 362 g/mol. The van der Waals surface area contributed by atoms with E-state index in [2.05, 4.69) is 34.7 Å². The number of aromatic nitrogens is 2. The molecule has 3 heterocycles. The normalized spacial score (nSPS) is 21.9. The minimum Gasteiger partial charge on any atom is -0.378 e. The fourth-order valence-electron chi connectivity index (χ4n) is 4.13. The molecule has 2 saturated heterocycles. The largest absolute Gasteiger partial charge is 0.378 e. The molecule has 0 radical (unpaired) electrons. The van der Waals surface area contributed by atoms with Crippen LogP contribution in [0.1, 0.15) is 50.3 Å². The Morgan fingerprint density at radius 1 is 1.31 bits per heavy atom. The Bertz CT molecular complexity index is 580. The molecule has 6 nitrogen and oxygen atoms in total. The molecule has 1 aromatic rings. The van der Waals surface area contributed by atoms with Gasteiger partial charge in [0.05, 0.1) is 18.9 Å². The molecule has 1 amide bonds. The molecule has 1 unspecified atom stereocenters. The minimum absolute atomic E-state index is 0.308. The number of hydrogen-bond donors (Lipinski definition) is 0. The van der Waals surface area contributed by atoms with Gasteiger partial charge in [-0.15, -0.1) is 0 Å². The summed E-state index contributed by atoms with van der Waals surface area (Å²) in [4.78, 5) is 16.9. The molecule has 2 aliphatic rings. The fraction of sp³-hybridized carbons (Fsp3) is 0.800. The number of amides is 1. The Morgan fingerprint density at radius 3 is 2.88 bits per heavy atom. The van der Waals surface area contributed by atoms with E-state index in [1.54, 1.807) is 0 Å². The smallest absolute Gasteiger partial charge is 0.222 e. The Balaban J connectivity index is 1.45. The predicted octanol–water partition coefficient (Wildman–Crippen LogP) is 2.45. The predicted molar refractivity (Wildman–Crippen MR) is 102 cm³/mol. The van der Waals surface area contributed by atoms with Gasteiger partial charge in [-0.25, -0.2) is 0 Å². The van der Waals surface area contributed by atoms with Crippen LogP contribution in [0.15, 0.2) is 6.20 Å². The first-order valence-electron chi connectivity index (χ1n) is 10.3. The lowest BCUT2D eigenvalue weighted by Crippen LogP contribution is -2.41. The lowest BCUT2D eigenvalue weighted by Gasteiger charge is -2.33. The summed E-state index contributed by atoms with van der Waals surface area (Å²) in [5.41, 5.74) is 2.51. The zero-order valence-corrected chi connectivity index (χ0v) is 16.5. The van der Waals surface area contributed by atoms with Gasteiger partial charge in [0.1, 0.15) is 0 Å². The van der Waals surface area contributed by atoms with Crippen molar-refractivity contribution in [3.05, 3.63) is 17.5 Å². The third kappa shape index (κ3) is 5.30. The zero-order chi connectivity index (χ0) is 18.4. The summed E-state index contributed by atoms with van der Waals surface area (Å²) in [5.74, 6) is 0.946. The van der Waals surface area contributed by atoms with Gasteiger partial charge < -0.3 is 9.64 Å². The molecule has 0 N–H and O–H groups in total. The van der Waals surface area contributed by atoms with Crippen molar-refractivity contribution in [2.75, 3.05) is 39.4 Å². The Hall–Kier alpha value is -1.40. The van der Waals surface area contributed by atoms with Crippen LogP contribution in [0.3, 0.4) is 0 Å². The number of piperidine rings is 1. The topological polar surface area (TPSA) is 50.6 Å². The van der Waals surface area contributed by atoms with Gasteiger partial charge in [-0.05, 0) is 45.1 Å². The first-order valence-corrected chi connectivity index (χ1v) is 10.3. The van der Waals surface area contributed by atoms with Gasteiger partial charge in [0.15, 0.2) is 0 Å². The summed E-state index contributed by atoms with van der Waals surface area (Å²) in [6.45, 7) is 11.4. The number of rotatable bonds is 7. The number of morpholine rings is 1. The van der Waals surface area contributed by atoms with Crippen LogP contribution in [0.4, 0.5) is 0 Å². The van der Waals surface area contributed by atoms with Crippen molar-refractivity contribution in [2.24, 2.45) is 5.92 Å². The number of hydrogen-bond acceptors (Lipinski definition) is 4. The Morgan fingerprint density at radius 2 is 2.12 bits per heavy atom. The third-order valence-corrected chi connectivity index (χ3v) is 5.63. The van der Waals surface area contributed by atoms with Crippen molar-refractivity contribution in [3.8, 4) is 0 Å². The lowest BCUT2D eigenvalue weighted by atomic mass is 9.93. The van der Waals surface area contributed by atoms with E-state index in [0.717, 1.165) is 57.8 Å². The number of likely N-dealkylation sites (tertiary alicyclic amines) is 1. The zero-order valence-electron chi connectivity index (χ0n) is 16.5. The van der Waals surface area contributed by atoms with Gasteiger partial charge in [-0.3, -0.25) is 14.4 Å². The van der Waals surface area contributed by atoms with Crippen LogP contribution < -0.4 is 0 Å². The summed E-state index contributed by atoms with van der Waals surface area (Å²) in [6.07, 6.45) is 7.51. The highest BCUT2D eigenvalue weighted by Gasteiger charge is 2.23. The highest BCUT2D eigenvalue weighted by molar-refractivity contribution is 5.76. The number of nitrogens with zero attached hydrogens (tertiary/aromatic N) is 4. The molecule has 0 saturated carbocycles. The van der Waals surface area contributed by atoms with E-state index in [1.165, 1.54) is 18.4 Å². The molecule has 3 rings (SSSR count). The molecule has 0 aliphatic carbocycles.